The van der Waals surface area contributed by atoms with Crippen molar-refractivity contribution < 1.29 is 66.2 Å². The van der Waals surface area contributed by atoms with Gasteiger partial charge in [-0.25, -0.2) is 8.96 Å². The first kappa shape index (κ1) is 38.5. The van der Waals surface area contributed by atoms with Crippen LogP contribution >= 0.6 is 7.82 Å². The van der Waals surface area contributed by atoms with Crippen molar-refractivity contribution in [3.05, 3.63) is 58.7 Å². The maximum atomic E-state index is 18.4. The third-order valence-corrected chi connectivity index (χ3v) is 12.7. The molecule has 16 heteroatoms. The Morgan fingerprint density at radius 2 is 1.76 bits per heavy atom. The zero-order valence-corrected chi connectivity index (χ0v) is 30.1. The maximum Gasteiger partial charge on any atom is 0.472 e. The van der Waals surface area contributed by atoms with Crippen LogP contribution in [0.3, 0.4) is 0 Å². The molecule has 0 aromatic rings. The van der Waals surface area contributed by atoms with E-state index >= 15 is 4.39 Å². The highest BCUT2D eigenvalue weighted by Crippen LogP contribution is 2.72. The van der Waals surface area contributed by atoms with Crippen LogP contribution in [0, 0.1) is 28.6 Å². The molecule has 5 aliphatic carbocycles. The number of fused-ring (bicyclic) bond motifs is 5. The van der Waals surface area contributed by atoms with Gasteiger partial charge in [0.25, 0.3) is 0 Å². The molecular weight excluding hydrogens is 692 g/mol. The first-order valence-corrected chi connectivity index (χ1v) is 18.0. The van der Waals surface area contributed by atoms with Crippen LogP contribution in [-0.4, -0.2) is 83.9 Å². The molecule has 5 aliphatic rings. The average Bonchev–Trinajstić information content (AvgIpc) is 3.26. The lowest BCUT2D eigenvalue weighted by atomic mass is 9.44. The van der Waals surface area contributed by atoms with Gasteiger partial charge in [-0.15, -0.1) is 0 Å². The second kappa shape index (κ2) is 13.3. The number of ether oxygens (including phenoxy) is 3. The summed E-state index contributed by atoms with van der Waals surface area (Å²) in [5, 5.41) is 12.2. The fraction of sp³-hybridized carbons (Fsp3) is 0.571. The zero-order chi connectivity index (χ0) is 37.9. The molecule has 0 amide bonds. The Hall–Kier alpha value is -3.75. The lowest BCUT2D eigenvalue weighted by Gasteiger charge is -2.63. The topological polar surface area (TPSA) is 215 Å². The molecule has 4 N–H and O–H groups in total. The number of rotatable bonds is 11. The van der Waals surface area contributed by atoms with E-state index in [0.717, 1.165) is 26.2 Å². The van der Waals surface area contributed by atoms with Gasteiger partial charge in [0.05, 0.1) is 32.1 Å². The van der Waals surface area contributed by atoms with Crippen molar-refractivity contribution in [1.29, 1.82) is 0 Å². The Kier molecular flexibility index (Phi) is 10.1. The van der Waals surface area contributed by atoms with Gasteiger partial charge < -0.3 is 29.9 Å². The van der Waals surface area contributed by atoms with Gasteiger partial charge in [-0.2, -0.15) is 0 Å². The summed E-state index contributed by atoms with van der Waals surface area (Å²) in [5.74, 6) is -6.44. The number of phosphoric acid groups is 1. The Balaban J connectivity index is 1.47. The fourth-order valence-electron chi connectivity index (χ4n) is 9.22. The van der Waals surface area contributed by atoms with Gasteiger partial charge in [-0.05, 0) is 56.6 Å². The van der Waals surface area contributed by atoms with Gasteiger partial charge in [0.15, 0.2) is 18.1 Å². The molecule has 14 nitrogen and oxygen atoms in total. The van der Waals surface area contributed by atoms with Crippen molar-refractivity contribution in [2.24, 2.45) is 34.3 Å². The third kappa shape index (κ3) is 5.87. The van der Waals surface area contributed by atoms with Crippen LogP contribution in [0.5, 0.6) is 0 Å². The summed E-state index contributed by atoms with van der Waals surface area (Å²) in [4.78, 5) is 74.0. The molecule has 0 aromatic carbocycles. The first-order valence-electron chi connectivity index (χ1n) is 16.5. The molecule has 2 unspecified atom stereocenters. The Bertz CT molecular complexity index is 1780. The summed E-state index contributed by atoms with van der Waals surface area (Å²) in [6.07, 6.45) is 4.82. The number of hydrogen-bond donors (Lipinski definition) is 3. The molecule has 0 aliphatic heterocycles. The number of Topliss-reactive ketones (excluding diaryl/α,β-unsaturated/α-hetero) is 3. The number of aliphatic hydroxyl groups is 1. The second-order valence-corrected chi connectivity index (χ2v) is 15.6. The molecule has 3 saturated carbocycles. The van der Waals surface area contributed by atoms with Crippen molar-refractivity contribution in [3.63, 3.8) is 0 Å². The van der Waals surface area contributed by atoms with Crippen molar-refractivity contribution in [1.82, 2.24) is 0 Å². The predicted molar refractivity (Wildman–Crippen MR) is 176 cm³/mol. The molecule has 0 heterocycles. The number of methoxy groups -OCH3 is 2. The summed E-state index contributed by atoms with van der Waals surface area (Å²) in [6, 6.07) is 0. The molecular formula is C35H43FNO13P. The highest BCUT2D eigenvalue weighted by molar-refractivity contribution is 7.47. The first-order chi connectivity index (χ1) is 23.7. The molecule has 0 aromatic heterocycles. The predicted octanol–water partition coefficient (Wildman–Crippen LogP) is 3.03. The number of allylic oxidation sites excluding steroid dienone is 6. The molecule has 0 spiro atoms. The smallest absolute Gasteiger partial charge is 0.472 e. The van der Waals surface area contributed by atoms with Gasteiger partial charge in [0.1, 0.15) is 11.7 Å². The maximum absolute atomic E-state index is 18.4. The lowest BCUT2D eigenvalue weighted by molar-refractivity contribution is -0.216. The number of esters is 1. The zero-order valence-electron chi connectivity index (χ0n) is 29.2. The van der Waals surface area contributed by atoms with Crippen LogP contribution in [0.25, 0.3) is 0 Å². The minimum Gasteiger partial charge on any atom is -0.489 e. The number of carbonyl (C=O) groups excluding carboxylic acids is 5. The summed E-state index contributed by atoms with van der Waals surface area (Å²) in [7, 11) is -2.83. The summed E-state index contributed by atoms with van der Waals surface area (Å²) < 4.78 is 57.8. The minimum atomic E-state index is -5.16. The largest absolute Gasteiger partial charge is 0.489 e. The molecule has 0 bridgehead atoms. The fourth-order valence-corrected chi connectivity index (χ4v) is 10.1. The molecule has 0 radical (unpaired) electrons. The number of ketones is 4. The summed E-state index contributed by atoms with van der Waals surface area (Å²) in [5.41, 5.74) is -1.82. The van der Waals surface area contributed by atoms with Crippen LogP contribution in [0.1, 0.15) is 53.4 Å². The molecule has 278 valence electrons. The van der Waals surface area contributed by atoms with Crippen LogP contribution in [0.4, 0.5) is 4.39 Å². The summed E-state index contributed by atoms with van der Waals surface area (Å²) >= 11 is 0. The SMILES string of the molecule is COC1=C(OC)C(=O)C(/C=C/COP(=O)(O)O[C@H]2C[C@@]3(C)[C@H](C[C@H](C)C3(O)C(=O)COC(C)=O)[C@@H]3CCC4=CC(=O)C=C[C@]4(C)[C@]23F)=C(N)C1=O. The van der Waals surface area contributed by atoms with Crippen molar-refractivity contribution in [2.75, 3.05) is 27.4 Å². The number of alkyl halides is 1. The van der Waals surface area contributed by atoms with Crippen LogP contribution in [0.15, 0.2) is 58.7 Å². The average molecular weight is 736 g/mol. The van der Waals surface area contributed by atoms with E-state index in [1.54, 1.807) is 20.8 Å². The van der Waals surface area contributed by atoms with Crippen molar-refractivity contribution >= 4 is 36.9 Å². The van der Waals surface area contributed by atoms with E-state index in [4.69, 9.17) is 29.0 Å². The Morgan fingerprint density at radius 1 is 1.12 bits per heavy atom. The van der Waals surface area contributed by atoms with E-state index < -0.39 is 102 Å². The minimum absolute atomic E-state index is 0.186. The highest BCUT2D eigenvalue weighted by atomic mass is 31.2. The van der Waals surface area contributed by atoms with Gasteiger partial charge in [-0.1, -0.05) is 37.6 Å². The second-order valence-electron chi connectivity index (χ2n) is 14.2. The number of hydrogen-bond acceptors (Lipinski definition) is 13. The normalized spacial score (nSPS) is 37.4. The molecule has 0 saturated heterocycles. The number of carbonyl (C=O) groups is 5. The van der Waals surface area contributed by atoms with Crippen molar-refractivity contribution in [2.45, 2.75) is 70.8 Å². The molecule has 3 fully saturated rings. The quantitative estimate of drug-likeness (QED) is 0.158. The highest BCUT2D eigenvalue weighted by Gasteiger charge is 2.76. The standard InChI is InChI=1S/C35H43FNO13P/c1-18-14-24-23-10-9-20-15-21(39)11-12-32(20,3)34(23,36)26(16-33(24,4)35(18,43)25(40)17-48-19(2)38)50-51(44,45)49-13-7-8-22-27(37)29(42)31(47-6)30(46-5)28(22)41/h7-8,11-12,15,18,23-24,26,43H,9-10,13-14,16-17,37H2,1-6H3,(H,44,45)/b8-7+/t18-,23-,24+,26-,32-,33-,34+,35?/m0/s1. The Labute approximate surface area is 294 Å². The van der Waals surface area contributed by atoms with E-state index in [-0.39, 0.29) is 35.7 Å². The lowest BCUT2D eigenvalue weighted by Crippen LogP contribution is -2.69. The molecule has 51 heavy (non-hydrogen) atoms. The number of phosphoric ester groups is 1. The van der Waals surface area contributed by atoms with E-state index in [1.807, 2.05) is 0 Å². The van der Waals surface area contributed by atoms with E-state index in [1.165, 1.54) is 25.3 Å². The van der Waals surface area contributed by atoms with Gasteiger partial charge in [-0.3, -0.25) is 33.0 Å². The van der Waals surface area contributed by atoms with E-state index in [9.17, 15) is 38.5 Å². The summed E-state index contributed by atoms with van der Waals surface area (Å²) in [6.45, 7) is 4.59. The van der Waals surface area contributed by atoms with Crippen LogP contribution in [0.2, 0.25) is 0 Å². The monoisotopic (exact) mass is 735 g/mol. The number of halogens is 1. The van der Waals surface area contributed by atoms with Crippen LogP contribution < -0.4 is 5.73 Å². The van der Waals surface area contributed by atoms with E-state index in [0.29, 0.717) is 12.0 Å². The van der Waals surface area contributed by atoms with E-state index in [2.05, 4.69) is 0 Å². The van der Waals surface area contributed by atoms with Gasteiger partial charge in [0, 0.05) is 23.7 Å². The van der Waals surface area contributed by atoms with Crippen molar-refractivity contribution in [3.8, 4) is 0 Å². The Morgan fingerprint density at radius 3 is 2.39 bits per heavy atom. The van der Waals surface area contributed by atoms with Gasteiger partial charge >= 0.3 is 13.8 Å². The molecule has 9 atom stereocenters. The third-order valence-electron chi connectivity index (χ3n) is 11.7. The van der Waals surface area contributed by atoms with Crippen LogP contribution in [-0.2, 0) is 51.8 Å². The number of nitrogens with two attached hydrogens (primary N) is 1. The molecule has 5 rings (SSSR count). The van der Waals surface area contributed by atoms with Gasteiger partial charge in [0.2, 0.25) is 28.9 Å².